The molecule has 1 aromatic heterocycles. The van der Waals surface area contributed by atoms with Crippen molar-refractivity contribution in [1.29, 1.82) is 0 Å². The van der Waals surface area contributed by atoms with Gasteiger partial charge in [-0.05, 0) is 59.5 Å². The van der Waals surface area contributed by atoms with Gasteiger partial charge in [0.1, 0.15) is 0 Å². The van der Waals surface area contributed by atoms with Crippen molar-refractivity contribution in [1.82, 2.24) is 10.1 Å². The average Bonchev–Trinajstić information content (AvgIpc) is 3.25. The maximum Gasteiger partial charge on any atom is 0.337 e. The molecule has 0 amide bonds. The lowest BCUT2D eigenvalue weighted by Crippen LogP contribution is -1.98. The molecular weight excluding hydrogens is 416 g/mol. The summed E-state index contributed by atoms with van der Waals surface area (Å²) < 4.78 is 10.9. The molecule has 7 heteroatoms. The molecule has 1 heterocycles. The minimum Gasteiger partial charge on any atom is -0.478 e. The van der Waals surface area contributed by atoms with Gasteiger partial charge in [-0.25, -0.2) is 4.79 Å². The standard InChI is InChI=1S/C24H19ClN2O4/c1-14-5-3-4-6-18(14)19-9-7-16(11-17(19)13-30-2)23-26-22(27-31-23)15-8-10-21(25)20(12-15)24(28)29/h3-12H,13H2,1-2H3,(H,28,29). The molecule has 0 atom stereocenters. The normalized spacial score (nSPS) is 10.9. The monoisotopic (exact) mass is 434 g/mol. The predicted molar refractivity (Wildman–Crippen MR) is 118 cm³/mol. The van der Waals surface area contributed by atoms with E-state index in [1.54, 1.807) is 13.2 Å². The van der Waals surface area contributed by atoms with Crippen LogP contribution in [0.3, 0.4) is 0 Å². The molecule has 6 nitrogen and oxygen atoms in total. The number of aromatic carboxylic acids is 1. The van der Waals surface area contributed by atoms with Crippen LogP contribution in [0, 0.1) is 6.92 Å². The second-order valence-corrected chi connectivity index (χ2v) is 7.45. The van der Waals surface area contributed by atoms with Gasteiger partial charge in [-0.3, -0.25) is 0 Å². The fraction of sp³-hybridized carbons (Fsp3) is 0.125. The Morgan fingerprint density at radius 2 is 1.84 bits per heavy atom. The van der Waals surface area contributed by atoms with Crippen LogP contribution in [0.25, 0.3) is 34.0 Å². The van der Waals surface area contributed by atoms with E-state index in [-0.39, 0.29) is 16.4 Å². The summed E-state index contributed by atoms with van der Waals surface area (Å²) >= 11 is 5.95. The maximum atomic E-state index is 11.3. The van der Waals surface area contributed by atoms with Crippen molar-refractivity contribution >= 4 is 17.6 Å². The highest BCUT2D eigenvalue weighted by atomic mass is 35.5. The van der Waals surface area contributed by atoms with Crippen LogP contribution < -0.4 is 0 Å². The summed E-state index contributed by atoms with van der Waals surface area (Å²) in [5.41, 5.74) is 5.61. The quantitative estimate of drug-likeness (QED) is 0.408. The van der Waals surface area contributed by atoms with Gasteiger partial charge in [0.25, 0.3) is 5.89 Å². The Morgan fingerprint density at radius 3 is 2.58 bits per heavy atom. The van der Waals surface area contributed by atoms with Crippen molar-refractivity contribution < 1.29 is 19.2 Å². The van der Waals surface area contributed by atoms with E-state index in [0.717, 1.165) is 22.3 Å². The summed E-state index contributed by atoms with van der Waals surface area (Å²) in [6, 6.07) is 18.7. The van der Waals surface area contributed by atoms with Gasteiger partial charge in [0.2, 0.25) is 5.82 Å². The SMILES string of the molecule is COCc1cc(-c2nc(-c3ccc(Cl)c(C(=O)O)c3)no2)ccc1-c1ccccc1C. The highest BCUT2D eigenvalue weighted by molar-refractivity contribution is 6.33. The lowest BCUT2D eigenvalue weighted by molar-refractivity contribution is 0.0697. The van der Waals surface area contributed by atoms with E-state index in [0.29, 0.717) is 18.1 Å². The van der Waals surface area contributed by atoms with Gasteiger partial charge in [-0.1, -0.05) is 47.1 Å². The second-order valence-electron chi connectivity index (χ2n) is 7.04. The van der Waals surface area contributed by atoms with Crippen LogP contribution in [0.5, 0.6) is 0 Å². The van der Waals surface area contributed by atoms with Gasteiger partial charge in [0.15, 0.2) is 0 Å². The molecule has 0 radical (unpaired) electrons. The molecule has 0 fully saturated rings. The molecule has 0 aliphatic heterocycles. The van der Waals surface area contributed by atoms with E-state index in [9.17, 15) is 9.90 Å². The molecule has 156 valence electrons. The molecule has 0 unspecified atom stereocenters. The Labute approximate surface area is 184 Å². The number of ether oxygens (including phenoxy) is 1. The zero-order valence-corrected chi connectivity index (χ0v) is 17.7. The Bertz CT molecular complexity index is 1270. The van der Waals surface area contributed by atoms with Crippen LogP contribution in [0.2, 0.25) is 5.02 Å². The smallest absolute Gasteiger partial charge is 0.337 e. The first kappa shape index (κ1) is 20.8. The summed E-state index contributed by atoms with van der Waals surface area (Å²) in [6.45, 7) is 2.50. The van der Waals surface area contributed by atoms with Crippen molar-refractivity contribution in [3.63, 3.8) is 0 Å². The van der Waals surface area contributed by atoms with Gasteiger partial charge < -0.3 is 14.4 Å². The Balaban J connectivity index is 1.72. The van der Waals surface area contributed by atoms with Gasteiger partial charge >= 0.3 is 5.97 Å². The molecular formula is C24H19ClN2O4. The Morgan fingerprint density at radius 1 is 1.06 bits per heavy atom. The van der Waals surface area contributed by atoms with Crippen molar-refractivity contribution in [3.05, 3.63) is 82.4 Å². The van der Waals surface area contributed by atoms with Gasteiger partial charge in [0.05, 0.1) is 17.2 Å². The third-order valence-corrected chi connectivity index (χ3v) is 5.30. The van der Waals surface area contributed by atoms with Gasteiger partial charge in [0, 0.05) is 18.2 Å². The third kappa shape index (κ3) is 4.21. The molecule has 4 aromatic rings. The molecule has 0 saturated heterocycles. The van der Waals surface area contributed by atoms with Crippen molar-refractivity contribution in [2.24, 2.45) is 0 Å². The van der Waals surface area contributed by atoms with Crippen LogP contribution in [-0.4, -0.2) is 28.3 Å². The summed E-state index contributed by atoms with van der Waals surface area (Å²) in [5.74, 6) is -0.507. The minimum absolute atomic E-state index is 0.0181. The number of nitrogens with zero attached hydrogens (tertiary/aromatic N) is 2. The van der Waals surface area contributed by atoms with E-state index in [1.807, 2.05) is 30.3 Å². The van der Waals surface area contributed by atoms with Crippen LogP contribution in [0.1, 0.15) is 21.5 Å². The van der Waals surface area contributed by atoms with E-state index >= 15 is 0 Å². The molecule has 0 saturated carbocycles. The fourth-order valence-electron chi connectivity index (χ4n) is 3.43. The number of aromatic nitrogens is 2. The number of carboxylic acid groups (broad SMARTS) is 1. The predicted octanol–water partition coefficient (Wildman–Crippen LogP) is 5.88. The first-order chi connectivity index (χ1) is 15.0. The first-order valence-electron chi connectivity index (χ1n) is 9.53. The number of halogens is 1. The Kier molecular flexibility index (Phi) is 5.84. The molecule has 0 spiro atoms. The van der Waals surface area contributed by atoms with E-state index in [2.05, 4.69) is 29.2 Å². The lowest BCUT2D eigenvalue weighted by atomic mass is 9.94. The number of carboxylic acids is 1. The minimum atomic E-state index is -1.12. The number of hydrogen-bond donors (Lipinski definition) is 1. The van der Waals surface area contributed by atoms with Crippen molar-refractivity contribution in [2.75, 3.05) is 7.11 Å². The van der Waals surface area contributed by atoms with E-state index < -0.39 is 5.97 Å². The fourth-order valence-corrected chi connectivity index (χ4v) is 3.62. The first-order valence-corrected chi connectivity index (χ1v) is 9.91. The number of aryl methyl sites for hydroxylation is 1. The molecule has 0 aliphatic carbocycles. The summed E-state index contributed by atoms with van der Waals surface area (Å²) in [5, 5.41) is 13.4. The van der Waals surface area contributed by atoms with Gasteiger partial charge in [-0.15, -0.1) is 0 Å². The maximum absolute atomic E-state index is 11.3. The number of methoxy groups -OCH3 is 1. The number of benzene rings is 3. The number of carbonyl (C=O) groups is 1. The molecule has 3 aromatic carbocycles. The van der Waals surface area contributed by atoms with E-state index in [1.165, 1.54) is 17.7 Å². The van der Waals surface area contributed by atoms with Crippen molar-refractivity contribution in [2.45, 2.75) is 13.5 Å². The summed E-state index contributed by atoms with van der Waals surface area (Å²) in [6.07, 6.45) is 0. The van der Waals surface area contributed by atoms with Crippen LogP contribution in [-0.2, 0) is 11.3 Å². The molecule has 0 bridgehead atoms. The highest BCUT2D eigenvalue weighted by Crippen LogP contribution is 2.32. The highest BCUT2D eigenvalue weighted by Gasteiger charge is 2.16. The van der Waals surface area contributed by atoms with Crippen LogP contribution in [0.15, 0.2) is 65.2 Å². The van der Waals surface area contributed by atoms with Crippen LogP contribution in [0.4, 0.5) is 0 Å². The number of hydrogen-bond acceptors (Lipinski definition) is 5. The molecule has 0 aliphatic rings. The van der Waals surface area contributed by atoms with Crippen molar-refractivity contribution in [3.8, 4) is 34.0 Å². The molecule has 31 heavy (non-hydrogen) atoms. The summed E-state index contributed by atoms with van der Waals surface area (Å²) in [7, 11) is 1.65. The molecule has 1 N–H and O–H groups in total. The van der Waals surface area contributed by atoms with Crippen LogP contribution >= 0.6 is 11.6 Å². The zero-order valence-electron chi connectivity index (χ0n) is 16.9. The van der Waals surface area contributed by atoms with E-state index in [4.69, 9.17) is 20.9 Å². The Hall–Kier alpha value is -3.48. The van der Waals surface area contributed by atoms with Gasteiger partial charge in [-0.2, -0.15) is 4.98 Å². The number of rotatable bonds is 6. The average molecular weight is 435 g/mol. The summed E-state index contributed by atoms with van der Waals surface area (Å²) in [4.78, 5) is 15.8. The largest absolute Gasteiger partial charge is 0.478 e. The third-order valence-electron chi connectivity index (χ3n) is 4.97. The zero-order chi connectivity index (χ0) is 22.0. The second kappa shape index (κ2) is 8.71. The molecule has 4 rings (SSSR count). The lowest BCUT2D eigenvalue weighted by Gasteiger charge is -2.12. The topological polar surface area (TPSA) is 85.5 Å².